The summed E-state index contributed by atoms with van der Waals surface area (Å²) in [7, 11) is 0. The summed E-state index contributed by atoms with van der Waals surface area (Å²) in [6, 6.07) is 8.27. The Bertz CT molecular complexity index is 596. The van der Waals surface area contributed by atoms with Crippen LogP contribution < -0.4 is 5.73 Å². The number of nitrogen functional groups attached to an aromatic ring is 1. The lowest BCUT2D eigenvalue weighted by atomic mass is 10.0. The topological polar surface area (TPSA) is 51.8 Å². The van der Waals surface area contributed by atoms with Crippen LogP contribution in [-0.2, 0) is 17.9 Å². The van der Waals surface area contributed by atoms with Crippen molar-refractivity contribution in [3.8, 4) is 11.4 Å². The third kappa shape index (κ3) is 1.86. The predicted molar refractivity (Wildman–Crippen MR) is 76.3 cm³/mol. The number of aromatic nitrogens is 2. The number of rotatable bonds is 2. The van der Waals surface area contributed by atoms with E-state index in [1.165, 1.54) is 5.56 Å². The van der Waals surface area contributed by atoms with Gasteiger partial charge in [-0.05, 0) is 12.0 Å². The van der Waals surface area contributed by atoms with Gasteiger partial charge in [0.1, 0.15) is 5.82 Å². The van der Waals surface area contributed by atoms with E-state index in [0.717, 1.165) is 40.6 Å². The first kappa shape index (κ1) is 11.5. The smallest absolute Gasteiger partial charge is 0.162 e. The molecule has 1 aromatic heterocycles. The third-order valence-corrected chi connectivity index (χ3v) is 4.22. The zero-order valence-corrected chi connectivity index (χ0v) is 11.1. The van der Waals surface area contributed by atoms with Gasteiger partial charge in [-0.25, -0.2) is 9.97 Å². The van der Waals surface area contributed by atoms with Crippen molar-refractivity contribution >= 4 is 17.6 Å². The van der Waals surface area contributed by atoms with E-state index < -0.39 is 0 Å². The van der Waals surface area contributed by atoms with Crippen molar-refractivity contribution < 1.29 is 0 Å². The van der Waals surface area contributed by atoms with Crippen LogP contribution in [0.2, 0.25) is 0 Å². The van der Waals surface area contributed by atoms with Gasteiger partial charge in [0.05, 0.1) is 5.69 Å². The van der Waals surface area contributed by atoms with Crippen LogP contribution in [0.5, 0.6) is 0 Å². The number of nitrogens with zero attached hydrogens (tertiary/aromatic N) is 2. The highest BCUT2D eigenvalue weighted by Crippen LogP contribution is 2.33. The summed E-state index contributed by atoms with van der Waals surface area (Å²) in [5, 5.41) is 0. The summed E-state index contributed by atoms with van der Waals surface area (Å²) < 4.78 is 0. The summed E-state index contributed by atoms with van der Waals surface area (Å²) in [4.78, 5) is 9.16. The first-order valence-electron chi connectivity index (χ1n) is 6.11. The summed E-state index contributed by atoms with van der Waals surface area (Å²) >= 11 is 1.85. The average Bonchev–Trinajstić information content (AvgIpc) is 2.87. The highest BCUT2D eigenvalue weighted by molar-refractivity contribution is 7.98. The van der Waals surface area contributed by atoms with Crippen molar-refractivity contribution in [3.05, 3.63) is 41.1 Å². The van der Waals surface area contributed by atoms with Crippen molar-refractivity contribution in [2.45, 2.75) is 24.9 Å². The number of hydrogen-bond donors (Lipinski definition) is 1. The lowest BCUT2D eigenvalue weighted by Crippen LogP contribution is -2.03. The molecule has 92 valence electrons. The van der Waals surface area contributed by atoms with E-state index in [-0.39, 0.29) is 0 Å². The van der Waals surface area contributed by atoms with Crippen LogP contribution in [0.1, 0.15) is 23.7 Å². The summed E-state index contributed by atoms with van der Waals surface area (Å²) in [5.74, 6) is 3.30. The Morgan fingerprint density at radius 1 is 1.22 bits per heavy atom. The quantitative estimate of drug-likeness (QED) is 0.898. The van der Waals surface area contributed by atoms with Gasteiger partial charge in [0, 0.05) is 22.6 Å². The molecular weight excluding hydrogens is 242 g/mol. The van der Waals surface area contributed by atoms with Gasteiger partial charge in [0.25, 0.3) is 0 Å². The zero-order chi connectivity index (χ0) is 12.5. The Morgan fingerprint density at radius 3 is 2.89 bits per heavy atom. The van der Waals surface area contributed by atoms with Gasteiger partial charge in [0.2, 0.25) is 0 Å². The molecule has 0 bridgehead atoms. The molecule has 2 N–H and O–H groups in total. The van der Waals surface area contributed by atoms with Crippen molar-refractivity contribution in [1.29, 1.82) is 0 Å². The Kier molecular flexibility index (Phi) is 2.96. The molecule has 0 saturated heterocycles. The summed E-state index contributed by atoms with van der Waals surface area (Å²) in [5.41, 5.74) is 10.6. The van der Waals surface area contributed by atoms with Crippen LogP contribution >= 0.6 is 11.8 Å². The minimum absolute atomic E-state index is 0.644. The summed E-state index contributed by atoms with van der Waals surface area (Å²) in [6.45, 7) is 2.14. The van der Waals surface area contributed by atoms with Crippen LogP contribution in [0.4, 0.5) is 5.82 Å². The number of fused-ring (bicyclic) bond motifs is 1. The maximum absolute atomic E-state index is 6.04. The molecule has 1 aliphatic heterocycles. The highest BCUT2D eigenvalue weighted by Gasteiger charge is 2.19. The van der Waals surface area contributed by atoms with Gasteiger partial charge in [-0.15, -0.1) is 0 Å². The molecule has 0 radical (unpaired) electrons. The first-order valence-corrected chi connectivity index (χ1v) is 7.26. The number of hydrogen-bond acceptors (Lipinski definition) is 4. The van der Waals surface area contributed by atoms with E-state index in [9.17, 15) is 0 Å². The lowest BCUT2D eigenvalue weighted by molar-refractivity contribution is 1.06. The molecule has 0 atom stereocenters. The van der Waals surface area contributed by atoms with Gasteiger partial charge >= 0.3 is 0 Å². The van der Waals surface area contributed by atoms with Crippen LogP contribution in [0, 0.1) is 0 Å². The molecule has 0 fully saturated rings. The third-order valence-electron chi connectivity index (χ3n) is 3.25. The Balaban J connectivity index is 2.15. The largest absolute Gasteiger partial charge is 0.383 e. The monoisotopic (exact) mass is 257 g/mol. The SMILES string of the molecule is CCc1ccccc1-c1nc(N)c2c(n1)CSC2. The zero-order valence-electron chi connectivity index (χ0n) is 10.3. The normalized spacial score (nSPS) is 13.6. The van der Waals surface area contributed by atoms with Crippen molar-refractivity contribution in [2.24, 2.45) is 0 Å². The second-order valence-corrected chi connectivity index (χ2v) is 5.35. The molecule has 1 aromatic carbocycles. The fourth-order valence-corrected chi connectivity index (χ4v) is 3.30. The number of anilines is 1. The second-order valence-electron chi connectivity index (χ2n) is 4.36. The molecule has 0 unspecified atom stereocenters. The summed E-state index contributed by atoms with van der Waals surface area (Å²) in [6.07, 6.45) is 0.977. The molecule has 4 heteroatoms. The van der Waals surface area contributed by atoms with Crippen molar-refractivity contribution in [1.82, 2.24) is 9.97 Å². The predicted octanol–water partition coefficient (Wildman–Crippen LogP) is 3.04. The van der Waals surface area contributed by atoms with Gasteiger partial charge in [-0.2, -0.15) is 11.8 Å². The van der Waals surface area contributed by atoms with Gasteiger partial charge < -0.3 is 5.73 Å². The van der Waals surface area contributed by atoms with Gasteiger partial charge in [-0.1, -0.05) is 31.2 Å². The molecule has 2 heterocycles. The Morgan fingerprint density at radius 2 is 2.06 bits per heavy atom. The Labute approximate surface area is 111 Å². The first-order chi connectivity index (χ1) is 8.79. The molecule has 0 amide bonds. The maximum atomic E-state index is 6.04. The fourth-order valence-electron chi connectivity index (χ4n) is 2.24. The van der Waals surface area contributed by atoms with E-state index >= 15 is 0 Å². The molecule has 0 aliphatic carbocycles. The molecule has 3 nitrogen and oxygen atoms in total. The van der Waals surface area contributed by atoms with Gasteiger partial charge in [0.15, 0.2) is 5.82 Å². The average molecular weight is 257 g/mol. The molecule has 0 spiro atoms. The minimum atomic E-state index is 0.644. The standard InChI is InChI=1S/C14H15N3S/c1-2-9-5-3-4-6-10(9)14-16-12-8-18-7-11(12)13(15)17-14/h3-6H,2,7-8H2,1H3,(H2,15,16,17). The molecule has 0 saturated carbocycles. The Hall–Kier alpha value is -1.55. The van der Waals surface area contributed by atoms with Crippen molar-refractivity contribution in [3.63, 3.8) is 0 Å². The number of aryl methyl sites for hydroxylation is 1. The highest BCUT2D eigenvalue weighted by atomic mass is 32.2. The van der Waals surface area contributed by atoms with Crippen molar-refractivity contribution in [2.75, 3.05) is 5.73 Å². The number of nitrogens with two attached hydrogens (primary N) is 1. The molecular formula is C14H15N3S. The minimum Gasteiger partial charge on any atom is -0.383 e. The number of benzene rings is 1. The van der Waals surface area contributed by atoms with Crippen LogP contribution in [0.3, 0.4) is 0 Å². The molecule has 2 aromatic rings. The van der Waals surface area contributed by atoms with E-state index in [4.69, 9.17) is 5.73 Å². The molecule has 18 heavy (non-hydrogen) atoms. The molecule has 3 rings (SSSR count). The van der Waals surface area contributed by atoms with Gasteiger partial charge in [-0.3, -0.25) is 0 Å². The number of thioether (sulfide) groups is 1. The van der Waals surface area contributed by atoms with Crippen LogP contribution in [0.25, 0.3) is 11.4 Å². The van der Waals surface area contributed by atoms with Crippen LogP contribution in [0.15, 0.2) is 24.3 Å². The second kappa shape index (κ2) is 4.61. The van der Waals surface area contributed by atoms with Crippen LogP contribution in [-0.4, -0.2) is 9.97 Å². The lowest BCUT2D eigenvalue weighted by Gasteiger charge is -2.09. The molecule has 1 aliphatic rings. The fraction of sp³-hybridized carbons (Fsp3) is 0.286. The van der Waals surface area contributed by atoms with E-state index in [2.05, 4.69) is 35.1 Å². The maximum Gasteiger partial charge on any atom is 0.162 e. The van der Waals surface area contributed by atoms with E-state index in [1.807, 2.05) is 17.8 Å². The van der Waals surface area contributed by atoms with E-state index in [1.54, 1.807) is 0 Å². The van der Waals surface area contributed by atoms with E-state index in [0.29, 0.717) is 5.82 Å².